The van der Waals surface area contributed by atoms with E-state index in [9.17, 15) is 0 Å². The molecule has 18 heavy (non-hydrogen) atoms. The molecule has 106 valence electrons. The summed E-state index contributed by atoms with van der Waals surface area (Å²) in [5.74, 6) is 2.83. The molecule has 1 aliphatic carbocycles. The molecule has 1 saturated heterocycles. The highest BCUT2D eigenvalue weighted by Crippen LogP contribution is 2.43. The van der Waals surface area contributed by atoms with Gasteiger partial charge in [-0.15, -0.1) is 0 Å². The van der Waals surface area contributed by atoms with Gasteiger partial charge in [-0.2, -0.15) is 11.8 Å². The Labute approximate surface area is 117 Å². The van der Waals surface area contributed by atoms with Gasteiger partial charge in [-0.25, -0.2) is 0 Å². The number of ether oxygens (including phenoxy) is 1. The molecular formula is C15H29NOS. The van der Waals surface area contributed by atoms with Crippen LogP contribution in [-0.2, 0) is 4.74 Å². The molecule has 2 rings (SSSR count). The van der Waals surface area contributed by atoms with Crippen LogP contribution in [0.1, 0.15) is 45.4 Å². The summed E-state index contributed by atoms with van der Waals surface area (Å²) < 4.78 is 6.16. The third-order valence-corrected chi connectivity index (χ3v) is 5.79. The lowest BCUT2D eigenvalue weighted by Crippen LogP contribution is -2.47. The second-order valence-corrected chi connectivity index (χ2v) is 7.15. The van der Waals surface area contributed by atoms with E-state index in [1.54, 1.807) is 0 Å². The summed E-state index contributed by atoms with van der Waals surface area (Å²) >= 11 is 1.97. The zero-order valence-electron chi connectivity index (χ0n) is 12.2. The Bertz CT molecular complexity index is 253. The van der Waals surface area contributed by atoms with Gasteiger partial charge in [-0.05, 0) is 56.6 Å². The number of hydrogen-bond acceptors (Lipinski definition) is 3. The average molecular weight is 271 g/mol. The first kappa shape index (κ1) is 14.7. The van der Waals surface area contributed by atoms with E-state index in [1.807, 2.05) is 11.8 Å². The molecule has 3 unspecified atom stereocenters. The fourth-order valence-electron chi connectivity index (χ4n) is 4.09. The van der Waals surface area contributed by atoms with Gasteiger partial charge in [0.1, 0.15) is 0 Å². The SMILES string of the molecule is CNC(C(C)CSC)C1CCOC2(CCCC2)C1. The normalized spacial score (nSPS) is 30.5. The van der Waals surface area contributed by atoms with Crippen LogP contribution >= 0.6 is 11.8 Å². The monoisotopic (exact) mass is 271 g/mol. The molecule has 1 saturated carbocycles. The molecule has 0 radical (unpaired) electrons. The molecule has 2 nitrogen and oxygen atoms in total. The lowest BCUT2D eigenvalue weighted by Gasteiger charge is -2.43. The van der Waals surface area contributed by atoms with E-state index >= 15 is 0 Å². The molecule has 1 N–H and O–H groups in total. The summed E-state index contributed by atoms with van der Waals surface area (Å²) in [6.07, 6.45) is 10.1. The van der Waals surface area contributed by atoms with Crippen molar-refractivity contribution in [2.75, 3.05) is 25.7 Å². The maximum Gasteiger partial charge on any atom is 0.0685 e. The second-order valence-electron chi connectivity index (χ2n) is 6.24. The van der Waals surface area contributed by atoms with E-state index in [2.05, 4.69) is 25.5 Å². The van der Waals surface area contributed by atoms with E-state index in [0.717, 1.165) is 18.4 Å². The number of rotatable bonds is 5. The van der Waals surface area contributed by atoms with Crippen LogP contribution in [0, 0.1) is 11.8 Å². The molecule has 3 heteroatoms. The highest BCUT2D eigenvalue weighted by atomic mass is 32.2. The maximum atomic E-state index is 6.16. The number of nitrogens with one attached hydrogen (secondary N) is 1. The molecule has 0 aromatic rings. The standard InChI is InChI=1S/C15H29NOS/c1-12(11-18-3)14(16-2)13-6-9-17-15(10-13)7-4-5-8-15/h12-14,16H,4-11H2,1-3H3. The molecule has 0 bridgehead atoms. The minimum Gasteiger partial charge on any atom is -0.375 e. The highest BCUT2D eigenvalue weighted by Gasteiger charge is 2.42. The first-order valence-electron chi connectivity index (χ1n) is 7.51. The Kier molecular flexibility index (Phi) is 5.40. The van der Waals surface area contributed by atoms with Gasteiger partial charge in [-0.1, -0.05) is 19.8 Å². The molecule has 1 spiro atoms. The van der Waals surface area contributed by atoms with Gasteiger partial charge >= 0.3 is 0 Å². The van der Waals surface area contributed by atoms with Gasteiger partial charge in [0.15, 0.2) is 0 Å². The van der Waals surface area contributed by atoms with Gasteiger partial charge in [0.25, 0.3) is 0 Å². The van der Waals surface area contributed by atoms with Crippen molar-refractivity contribution in [2.24, 2.45) is 11.8 Å². The van der Waals surface area contributed by atoms with E-state index in [4.69, 9.17) is 4.74 Å². The van der Waals surface area contributed by atoms with Crippen LogP contribution in [0.15, 0.2) is 0 Å². The van der Waals surface area contributed by atoms with Crippen molar-refractivity contribution >= 4 is 11.8 Å². The van der Waals surface area contributed by atoms with Gasteiger partial charge in [0, 0.05) is 12.6 Å². The lowest BCUT2D eigenvalue weighted by atomic mass is 9.77. The molecule has 1 aliphatic heterocycles. The van der Waals surface area contributed by atoms with Crippen molar-refractivity contribution in [1.82, 2.24) is 5.32 Å². The number of hydrogen-bond donors (Lipinski definition) is 1. The van der Waals surface area contributed by atoms with Crippen LogP contribution in [0.3, 0.4) is 0 Å². The number of thioether (sulfide) groups is 1. The largest absolute Gasteiger partial charge is 0.375 e. The zero-order chi connectivity index (χ0) is 13.0. The van der Waals surface area contributed by atoms with E-state index < -0.39 is 0 Å². The average Bonchev–Trinajstić information content (AvgIpc) is 2.79. The summed E-state index contributed by atoms with van der Waals surface area (Å²) in [7, 11) is 2.14. The van der Waals surface area contributed by atoms with Crippen molar-refractivity contribution in [3.05, 3.63) is 0 Å². The van der Waals surface area contributed by atoms with E-state index in [0.29, 0.717) is 6.04 Å². The molecular weight excluding hydrogens is 242 g/mol. The quantitative estimate of drug-likeness (QED) is 0.829. The van der Waals surface area contributed by atoms with Gasteiger partial charge in [0.2, 0.25) is 0 Å². The van der Waals surface area contributed by atoms with E-state index in [1.165, 1.54) is 44.3 Å². The molecule has 2 fully saturated rings. The van der Waals surface area contributed by atoms with Crippen LogP contribution in [0.5, 0.6) is 0 Å². The first-order valence-corrected chi connectivity index (χ1v) is 8.90. The Morgan fingerprint density at radius 2 is 2.11 bits per heavy atom. The Hall–Kier alpha value is 0.270. The van der Waals surface area contributed by atoms with Crippen molar-refractivity contribution in [1.29, 1.82) is 0 Å². The van der Waals surface area contributed by atoms with E-state index in [-0.39, 0.29) is 5.60 Å². The summed E-state index contributed by atoms with van der Waals surface area (Å²) in [5, 5.41) is 3.59. The highest BCUT2D eigenvalue weighted by molar-refractivity contribution is 7.98. The predicted octanol–water partition coefficient (Wildman–Crippen LogP) is 3.31. The van der Waals surface area contributed by atoms with Gasteiger partial charge in [0.05, 0.1) is 5.60 Å². The van der Waals surface area contributed by atoms with Crippen molar-refractivity contribution in [2.45, 2.75) is 57.1 Å². The van der Waals surface area contributed by atoms with Crippen LogP contribution in [0.2, 0.25) is 0 Å². The maximum absolute atomic E-state index is 6.16. The Morgan fingerprint density at radius 1 is 1.39 bits per heavy atom. The Balaban J connectivity index is 1.97. The van der Waals surface area contributed by atoms with Gasteiger partial charge < -0.3 is 10.1 Å². The fraction of sp³-hybridized carbons (Fsp3) is 1.00. The Morgan fingerprint density at radius 3 is 2.72 bits per heavy atom. The molecule has 2 aliphatic rings. The van der Waals surface area contributed by atoms with Crippen LogP contribution < -0.4 is 5.32 Å². The smallest absolute Gasteiger partial charge is 0.0685 e. The predicted molar refractivity (Wildman–Crippen MR) is 80.3 cm³/mol. The van der Waals surface area contributed by atoms with Crippen LogP contribution in [0.4, 0.5) is 0 Å². The molecule has 1 heterocycles. The fourth-order valence-corrected chi connectivity index (χ4v) is 4.82. The van der Waals surface area contributed by atoms with Crippen LogP contribution in [0.25, 0.3) is 0 Å². The molecule has 0 amide bonds. The summed E-state index contributed by atoms with van der Waals surface area (Å²) in [6, 6.07) is 0.666. The summed E-state index contributed by atoms with van der Waals surface area (Å²) in [6.45, 7) is 3.38. The molecule has 3 atom stereocenters. The summed E-state index contributed by atoms with van der Waals surface area (Å²) in [4.78, 5) is 0. The minimum absolute atomic E-state index is 0.261. The van der Waals surface area contributed by atoms with Crippen molar-refractivity contribution in [3.8, 4) is 0 Å². The minimum atomic E-state index is 0.261. The van der Waals surface area contributed by atoms with Gasteiger partial charge in [-0.3, -0.25) is 0 Å². The van der Waals surface area contributed by atoms with Crippen LogP contribution in [-0.4, -0.2) is 37.3 Å². The molecule has 0 aromatic heterocycles. The summed E-state index contributed by atoms with van der Waals surface area (Å²) in [5.41, 5.74) is 0.261. The van der Waals surface area contributed by atoms with Crippen molar-refractivity contribution < 1.29 is 4.74 Å². The topological polar surface area (TPSA) is 21.3 Å². The first-order chi connectivity index (χ1) is 8.71. The molecule has 0 aromatic carbocycles. The second kappa shape index (κ2) is 6.62. The van der Waals surface area contributed by atoms with Crippen molar-refractivity contribution in [3.63, 3.8) is 0 Å². The third-order valence-electron chi connectivity index (χ3n) is 4.93. The zero-order valence-corrected chi connectivity index (χ0v) is 13.0. The lowest BCUT2D eigenvalue weighted by molar-refractivity contribution is -0.0996. The third kappa shape index (κ3) is 3.23.